The van der Waals surface area contributed by atoms with Gasteiger partial charge in [0.2, 0.25) is 0 Å². The number of hydrogen-bond acceptors (Lipinski definition) is 1. The van der Waals surface area contributed by atoms with E-state index in [-0.39, 0.29) is 0 Å². The lowest BCUT2D eigenvalue weighted by Gasteiger charge is -2.34. The minimum Gasteiger partial charge on any atom is -0.310 e. The number of para-hydroxylation sites is 2. The lowest BCUT2D eigenvalue weighted by molar-refractivity contribution is 0.768. The van der Waals surface area contributed by atoms with Crippen molar-refractivity contribution in [2.45, 2.75) is 5.41 Å². The molecular formula is C69H46N2. The van der Waals surface area contributed by atoms with Gasteiger partial charge in [0.25, 0.3) is 0 Å². The molecule has 2 nitrogen and oxygen atoms in total. The number of nitrogens with zero attached hydrogens (tertiary/aromatic N) is 2. The van der Waals surface area contributed by atoms with Crippen molar-refractivity contribution < 1.29 is 0 Å². The van der Waals surface area contributed by atoms with Crippen LogP contribution in [0.25, 0.3) is 82.4 Å². The average Bonchev–Trinajstić information content (AvgIpc) is 3.95. The van der Waals surface area contributed by atoms with Gasteiger partial charge >= 0.3 is 0 Å². The summed E-state index contributed by atoms with van der Waals surface area (Å²) < 4.78 is 2.52. The predicted octanol–water partition coefficient (Wildman–Crippen LogP) is 18.3. The normalized spacial score (nSPS) is 12.6. The molecule has 0 saturated carbocycles. The van der Waals surface area contributed by atoms with Gasteiger partial charge in [0, 0.05) is 33.5 Å². The van der Waals surface area contributed by atoms with E-state index in [4.69, 9.17) is 0 Å². The summed E-state index contributed by atoms with van der Waals surface area (Å²) >= 11 is 0. The first-order valence-electron chi connectivity index (χ1n) is 24.6. The summed E-state index contributed by atoms with van der Waals surface area (Å²) in [6.07, 6.45) is 0. The van der Waals surface area contributed by atoms with Gasteiger partial charge in [-0.1, -0.05) is 218 Å². The quantitative estimate of drug-likeness (QED) is 0.147. The monoisotopic (exact) mass is 902 g/mol. The highest BCUT2D eigenvalue weighted by Crippen LogP contribution is 2.58. The number of rotatable bonds is 8. The summed E-state index contributed by atoms with van der Waals surface area (Å²) in [5, 5.41) is 7.53. The number of anilines is 3. The van der Waals surface area contributed by atoms with E-state index >= 15 is 0 Å². The molecule has 12 aromatic carbocycles. The molecule has 0 unspecified atom stereocenters. The van der Waals surface area contributed by atoms with Crippen LogP contribution in [0, 0.1) is 0 Å². The van der Waals surface area contributed by atoms with Crippen LogP contribution in [-0.4, -0.2) is 4.57 Å². The van der Waals surface area contributed by atoms with E-state index in [9.17, 15) is 0 Å². The molecular weight excluding hydrogens is 857 g/mol. The van der Waals surface area contributed by atoms with Gasteiger partial charge in [-0.25, -0.2) is 0 Å². The van der Waals surface area contributed by atoms with E-state index in [1.807, 2.05) is 0 Å². The first-order valence-corrected chi connectivity index (χ1v) is 24.6. The molecule has 1 heterocycles. The Morgan fingerprint density at radius 1 is 0.310 bits per heavy atom. The Bertz CT molecular complexity index is 4060. The standard InChI is InChI=1S/C69H46N2/c1-5-21-53(22-6-1)69(54-23-7-2-8-24-54)63-42-37-49-18-13-15-30-59(49)67(63)61-41-39-58(46-64(61)69)71-65-43-38-50-19-14-16-31-60(50)68(65)62-40-36-52(45-66(62)71)48-34-32-47(33-35-48)51-20-17-29-57(44-51)70(55-25-9-3-10-26-55)56-27-11-4-12-28-56/h1-46H. The Labute approximate surface area is 413 Å². The van der Waals surface area contributed by atoms with Crippen molar-refractivity contribution in [1.29, 1.82) is 0 Å². The third-order valence-electron chi connectivity index (χ3n) is 15.0. The molecule has 0 N–H and O–H groups in total. The Balaban J connectivity index is 0.943. The van der Waals surface area contributed by atoms with Crippen LogP contribution in [0.2, 0.25) is 0 Å². The molecule has 0 bridgehead atoms. The molecule has 0 atom stereocenters. The van der Waals surface area contributed by atoms with Crippen LogP contribution in [-0.2, 0) is 5.41 Å². The molecule has 71 heavy (non-hydrogen) atoms. The molecule has 0 amide bonds. The second-order valence-corrected chi connectivity index (χ2v) is 18.8. The van der Waals surface area contributed by atoms with Gasteiger partial charge in [0.1, 0.15) is 0 Å². The Morgan fingerprint density at radius 2 is 0.845 bits per heavy atom. The van der Waals surface area contributed by atoms with Crippen LogP contribution in [0.3, 0.4) is 0 Å². The first-order chi connectivity index (χ1) is 35.2. The summed E-state index contributed by atoms with van der Waals surface area (Å²) in [5.41, 5.74) is 18.7. The van der Waals surface area contributed by atoms with Crippen LogP contribution in [0.5, 0.6) is 0 Å². The predicted molar refractivity (Wildman–Crippen MR) is 299 cm³/mol. The highest BCUT2D eigenvalue weighted by molar-refractivity contribution is 6.22. The highest BCUT2D eigenvalue weighted by atomic mass is 15.1. The molecule has 1 aliphatic rings. The minimum absolute atomic E-state index is 0.549. The Hall–Kier alpha value is -9.24. The maximum absolute atomic E-state index is 2.52. The minimum atomic E-state index is -0.549. The van der Waals surface area contributed by atoms with Gasteiger partial charge in [0.05, 0.1) is 16.4 Å². The highest BCUT2D eigenvalue weighted by Gasteiger charge is 2.47. The molecule has 0 fully saturated rings. The van der Waals surface area contributed by atoms with Crippen molar-refractivity contribution >= 4 is 60.4 Å². The summed E-state index contributed by atoms with van der Waals surface area (Å²) in [7, 11) is 0. The second-order valence-electron chi connectivity index (χ2n) is 18.8. The zero-order valence-electron chi connectivity index (χ0n) is 39.0. The van der Waals surface area contributed by atoms with E-state index < -0.39 is 5.41 Å². The van der Waals surface area contributed by atoms with Gasteiger partial charge in [-0.15, -0.1) is 0 Å². The van der Waals surface area contributed by atoms with Gasteiger partial charge < -0.3 is 9.47 Å². The summed E-state index contributed by atoms with van der Waals surface area (Å²) in [6, 6.07) is 103. The SMILES string of the molecule is c1ccc(N(c2ccccc2)c2cccc(-c3ccc(-c4ccc5c6c7ccccc7ccc6n(-c6ccc7c(c6)C(c6ccccc6)(c6ccccc6)c6ccc8ccccc8c6-7)c5c4)cc3)c2)cc1. The fourth-order valence-corrected chi connectivity index (χ4v) is 11.9. The fraction of sp³-hybridized carbons (Fsp3) is 0.0145. The molecule has 14 rings (SSSR count). The molecule has 1 aliphatic carbocycles. The lowest BCUT2D eigenvalue weighted by atomic mass is 9.67. The fourth-order valence-electron chi connectivity index (χ4n) is 11.9. The van der Waals surface area contributed by atoms with Crippen LogP contribution in [0.15, 0.2) is 279 Å². The van der Waals surface area contributed by atoms with Gasteiger partial charge in [0.15, 0.2) is 0 Å². The maximum atomic E-state index is 2.52. The second kappa shape index (κ2) is 16.5. The van der Waals surface area contributed by atoms with Crippen molar-refractivity contribution in [2.75, 3.05) is 4.90 Å². The van der Waals surface area contributed by atoms with Crippen molar-refractivity contribution in [3.05, 3.63) is 301 Å². The molecule has 1 aromatic heterocycles. The van der Waals surface area contributed by atoms with Crippen LogP contribution < -0.4 is 4.90 Å². The van der Waals surface area contributed by atoms with Crippen molar-refractivity contribution in [3.63, 3.8) is 0 Å². The van der Waals surface area contributed by atoms with Crippen LogP contribution in [0.1, 0.15) is 22.3 Å². The molecule has 0 radical (unpaired) electrons. The molecule has 13 aromatic rings. The zero-order chi connectivity index (χ0) is 46.9. The van der Waals surface area contributed by atoms with E-state index in [0.717, 1.165) is 22.7 Å². The van der Waals surface area contributed by atoms with Gasteiger partial charge in [-0.05, 0) is 138 Å². The number of hydrogen-bond donors (Lipinski definition) is 0. The van der Waals surface area contributed by atoms with Gasteiger partial charge in [-0.3, -0.25) is 0 Å². The van der Waals surface area contributed by atoms with E-state index in [0.29, 0.717) is 0 Å². The molecule has 0 saturated heterocycles. The topological polar surface area (TPSA) is 8.17 Å². The molecule has 0 spiro atoms. The zero-order valence-corrected chi connectivity index (χ0v) is 39.0. The Morgan fingerprint density at radius 3 is 1.51 bits per heavy atom. The maximum Gasteiger partial charge on any atom is 0.0714 e. The number of aromatic nitrogens is 1. The molecule has 332 valence electrons. The van der Waals surface area contributed by atoms with Crippen LogP contribution in [0.4, 0.5) is 17.1 Å². The molecule has 2 heteroatoms. The summed E-state index contributed by atoms with van der Waals surface area (Å²) in [4.78, 5) is 2.32. The van der Waals surface area contributed by atoms with Gasteiger partial charge in [-0.2, -0.15) is 0 Å². The summed E-state index contributed by atoms with van der Waals surface area (Å²) in [5.74, 6) is 0. The first kappa shape index (κ1) is 40.8. The number of benzene rings is 12. The van der Waals surface area contributed by atoms with E-state index in [1.165, 1.54) is 99.0 Å². The third-order valence-corrected chi connectivity index (χ3v) is 15.0. The third kappa shape index (κ3) is 6.42. The van der Waals surface area contributed by atoms with E-state index in [1.54, 1.807) is 0 Å². The Kier molecular flexibility index (Phi) is 9.47. The van der Waals surface area contributed by atoms with Crippen molar-refractivity contribution in [1.82, 2.24) is 4.57 Å². The van der Waals surface area contributed by atoms with Crippen molar-refractivity contribution in [3.8, 4) is 39.1 Å². The van der Waals surface area contributed by atoms with Crippen LogP contribution >= 0.6 is 0 Å². The average molecular weight is 903 g/mol. The number of fused-ring (bicyclic) bond motifs is 10. The summed E-state index contributed by atoms with van der Waals surface area (Å²) in [6.45, 7) is 0. The van der Waals surface area contributed by atoms with E-state index in [2.05, 4.69) is 289 Å². The largest absolute Gasteiger partial charge is 0.310 e. The lowest BCUT2D eigenvalue weighted by Crippen LogP contribution is -2.28. The molecule has 0 aliphatic heterocycles. The van der Waals surface area contributed by atoms with Crippen molar-refractivity contribution in [2.24, 2.45) is 0 Å². The smallest absolute Gasteiger partial charge is 0.0714 e.